The first-order valence-electron chi connectivity index (χ1n) is 21.3. The van der Waals surface area contributed by atoms with Crippen LogP contribution in [0.1, 0.15) is 25.7 Å². The van der Waals surface area contributed by atoms with Crippen molar-refractivity contribution in [3.05, 3.63) is 137 Å². The molecule has 0 radical (unpaired) electrons. The summed E-state index contributed by atoms with van der Waals surface area (Å²) in [5.41, 5.74) is 8.49. The van der Waals surface area contributed by atoms with E-state index >= 15 is 0 Å². The number of fused-ring (bicyclic) bond motifs is 5. The second-order valence-electron chi connectivity index (χ2n) is 17.0. The quantitative estimate of drug-likeness (QED) is 0.193. The van der Waals surface area contributed by atoms with E-state index in [1.807, 2.05) is 36.4 Å². The molecule has 0 spiro atoms. The van der Waals surface area contributed by atoms with Crippen molar-refractivity contribution in [1.29, 1.82) is 0 Å². The van der Waals surface area contributed by atoms with E-state index in [0.717, 1.165) is 83.6 Å². The number of likely N-dealkylation sites (tertiary alicyclic amines) is 2. The number of likely N-dealkylation sites (N-methyl/N-ethyl adjacent to an activating group) is 1. The van der Waals surface area contributed by atoms with Crippen LogP contribution < -0.4 is 27.4 Å². The highest BCUT2D eigenvalue weighted by molar-refractivity contribution is 7.85. The van der Waals surface area contributed by atoms with Crippen LogP contribution >= 0.6 is 11.6 Å². The van der Waals surface area contributed by atoms with Gasteiger partial charge in [-0.25, -0.2) is 4.98 Å². The Bertz CT molecular complexity index is 2670. The Kier molecular flexibility index (Phi) is 16.2. The predicted octanol–water partition coefficient (Wildman–Crippen LogP) is 3.20. The zero-order valence-corrected chi connectivity index (χ0v) is 40.3. The third-order valence-electron chi connectivity index (χ3n) is 12.6. The van der Waals surface area contributed by atoms with Gasteiger partial charge in [0.25, 0.3) is 20.2 Å². The number of ether oxygens (including phenoxy) is 2. The van der Waals surface area contributed by atoms with Gasteiger partial charge >= 0.3 is 0 Å². The van der Waals surface area contributed by atoms with E-state index in [-0.39, 0.29) is 12.4 Å². The van der Waals surface area contributed by atoms with E-state index in [0.29, 0.717) is 29.6 Å². The fourth-order valence-electron chi connectivity index (χ4n) is 9.53. The van der Waals surface area contributed by atoms with Crippen LogP contribution in [-0.4, -0.2) is 124 Å². The smallest absolute Gasteiger partial charge is 0.261 e. The number of aromatic nitrogens is 1. The van der Waals surface area contributed by atoms with Gasteiger partial charge in [0.05, 0.1) is 50.5 Å². The minimum Gasteiger partial charge on any atom is -1.00 e. The molecule has 3 aromatic rings. The van der Waals surface area contributed by atoms with Gasteiger partial charge in [0.15, 0.2) is 0 Å². The van der Waals surface area contributed by atoms with Gasteiger partial charge in [0, 0.05) is 90.7 Å². The maximum absolute atomic E-state index is 9.19. The molecular formula is C47H58Cl2N6O8S2. The third kappa shape index (κ3) is 12.8. The van der Waals surface area contributed by atoms with Crippen LogP contribution in [0.15, 0.2) is 132 Å². The average Bonchev–Trinajstić information content (AvgIpc) is 3.55. The zero-order chi connectivity index (χ0) is 45.8. The molecule has 5 heterocycles. The van der Waals surface area contributed by atoms with Crippen LogP contribution in [0.25, 0.3) is 21.8 Å². The van der Waals surface area contributed by atoms with E-state index in [1.165, 1.54) is 52.9 Å². The highest BCUT2D eigenvalue weighted by atomic mass is 35.5. The second-order valence-corrected chi connectivity index (χ2v) is 20.3. The number of methoxy groups -OCH3 is 2. The Morgan fingerprint density at radius 1 is 0.800 bits per heavy atom. The van der Waals surface area contributed by atoms with Crippen molar-refractivity contribution in [3.8, 4) is 5.75 Å². The summed E-state index contributed by atoms with van der Waals surface area (Å²) in [7, 11) is -1.56. The number of piperidine rings is 2. The van der Waals surface area contributed by atoms with Gasteiger partial charge in [-0.3, -0.25) is 9.11 Å². The molecule has 2 aliphatic carbocycles. The summed E-state index contributed by atoms with van der Waals surface area (Å²) in [5.74, 6) is 3.36. The Hall–Kier alpha value is -4.81. The number of rotatable bonds is 8. The SMILES string of the molecule is COC1=CC2=C3C4=C(C=CC3[NH+](C)C2C=C1)C=CN(/C=C/N1CCC(C2CCN(/C=C/Nc3c5ccc(Cl)cc5nc5ccc(OC)cc35)CC2)CC1)C4.CS(=O)(=O)O.CS(=O)(=O)O.[Cl-]. The molecule has 14 nitrogen and oxygen atoms in total. The molecule has 3 atom stereocenters. The van der Waals surface area contributed by atoms with Crippen molar-refractivity contribution < 1.29 is 52.7 Å². The van der Waals surface area contributed by atoms with Gasteiger partial charge in [-0.15, -0.1) is 0 Å². The molecule has 0 saturated carbocycles. The summed E-state index contributed by atoms with van der Waals surface area (Å²) in [6.45, 7) is 5.35. The molecule has 18 heteroatoms. The molecule has 2 fully saturated rings. The predicted molar refractivity (Wildman–Crippen MR) is 254 cm³/mol. The lowest BCUT2D eigenvalue weighted by atomic mass is 9.79. The third-order valence-corrected chi connectivity index (χ3v) is 12.8. The van der Waals surface area contributed by atoms with E-state index in [4.69, 9.17) is 35.2 Å². The minimum absolute atomic E-state index is 0. The Morgan fingerprint density at radius 2 is 1.43 bits per heavy atom. The monoisotopic (exact) mass is 968 g/mol. The first-order chi connectivity index (χ1) is 30.4. The van der Waals surface area contributed by atoms with E-state index in [1.54, 1.807) is 14.2 Å². The summed E-state index contributed by atoms with van der Waals surface area (Å²) in [5, 5.41) is 6.35. The lowest BCUT2D eigenvalue weighted by molar-refractivity contribution is -0.900. The van der Waals surface area contributed by atoms with Crippen molar-refractivity contribution in [2.75, 3.05) is 71.8 Å². The highest BCUT2D eigenvalue weighted by Crippen LogP contribution is 2.38. The van der Waals surface area contributed by atoms with E-state index < -0.39 is 20.2 Å². The van der Waals surface area contributed by atoms with Gasteiger partial charge in [0.1, 0.15) is 23.6 Å². The van der Waals surface area contributed by atoms with Crippen LogP contribution in [0.3, 0.4) is 0 Å². The highest BCUT2D eigenvalue weighted by Gasteiger charge is 2.44. The summed E-state index contributed by atoms with van der Waals surface area (Å²) in [6, 6.07) is 12.7. The minimum atomic E-state index is -3.67. The summed E-state index contributed by atoms with van der Waals surface area (Å²) in [4.78, 5) is 13.7. The van der Waals surface area contributed by atoms with Crippen LogP contribution in [-0.2, 0) is 25.0 Å². The zero-order valence-electron chi connectivity index (χ0n) is 37.2. The largest absolute Gasteiger partial charge is 1.00 e. The number of anilines is 1. The van der Waals surface area contributed by atoms with Crippen LogP contribution in [0, 0.1) is 11.8 Å². The van der Waals surface area contributed by atoms with Crippen LogP contribution in [0.4, 0.5) is 5.69 Å². The van der Waals surface area contributed by atoms with Crippen molar-refractivity contribution in [3.63, 3.8) is 0 Å². The van der Waals surface area contributed by atoms with Crippen LogP contribution in [0.5, 0.6) is 5.75 Å². The van der Waals surface area contributed by atoms with Crippen LogP contribution in [0.2, 0.25) is 5.02 Å². The molecule has 6 aliphatic rings. The molecule has 4 aliphatic heterocycles. The average molecular weight is 970 g/mol. The number of halogens is 2. The van der Waals surface area contributed by atoms with Crippen molar-refractivity contribution in [1.82, 2.24) is 19.7 Å². The second kappa shape index (κ2) is 21.2. The van der Waals surface area contributed by atoms with Gasteiger partial charge in [0.2, 0.25) is 0 Å². The van der Waals surface area contributed by atoms with Crippen molar-refractivity contribution in [2.45, 2.75) is 37.8 Å². The standard InChI is InChI=1S/C45H49ClN6O2.2CH4O3S.ClH/c1-49-42-11-7-35(54-3)28-38(42)44-39-29-52(22-16-32(39)4-10-43(44)49)25-24-51-20-14-31(15-21-51)30-12-18-50(19-13-30)23-17-47-45-36-8-5-33(46)26-41(36)48-40-9-6-34(53-2)27-37(40)45;2*1-5(2,3)4;/h4-11,16-17,22-28,30-31,42-43H,12-15,18-21,29H2,1-3H3,(H,47,48);2*1H3,(H,2,3,4);1H/b23-17+,25-24+;;;. The van der Waals surface area contributed by atoms with Gasteiger partial charge < -0.3 is 46.8 Å². The molecule has 9 rings (SSSR count). The maximum atomic E-state index is 9.19. The fourth-order valence-corrected chi connectivity index (χ4v) is 9.70. The topological polar surface area (TPSA) is 166 Å². The first-order valence-corrected chi connectivity index (χ1v) is 25.4. The molecule has 0 amide bonds. The normalized spacial score (nSPS) is 22.2. The molecule has 3 unspecified atom stereocenters. The van der Waals surface area contributed by atoms with Gasteiger partial charge in [-0.1, -0.05) is 17.7 Å². The number of benzene rings is 2. The fraction of sp³-hybridized carbons (Fsp3) is 0.383. The number of pyridine rings is 1. The number of quaternary nitrogens is 1. The lowest BCUT2D eigenvalue weighted by Crippen LogP contribution is -3.14. The molecular weight excluding hydrogens is 912 g/mol. The Morgan fingerprint density at radius 3 is 2.06 bits per heavy atom. The van der Waals surface area contributed by atoms with Gasteiger partial charge in [-0.2, -0.15) is 16.8 Å². The summed E-state index contributed by atoms with van der Waals surface area (Å²) in [6.07, 6.45) is 31.3. The number of nitrogens with zero attached hydrogens (tertiary/aromatic N) is 4. The first kappa shape index (κ1) is 49.6. The molecule has 4 N–H and O–H groups in total. The Labute approximate surface area is 393 Å². The molecule has 1 aromatic heterocycles. The molecule has 65 heavy (non-hydrogen) atoms. The molecule has 2 saturated heterocycles. The lowest BCUT2D eigenvalue weighted by Gasteiger charge is -2.40. The number of hydrogen-bond donors (Lipinski definition) is 4. The summed E-state index contributed by atoms with van der Waals surface area (Å²) >= 11 is 6.33. The molecule has 0 bridgehead atoms. The summed E-state index contributed by atoms with van der Waals surface area (Å²) < 4.78 is 62.9. The van der Waals surface area contributed by atoms with Gasteiger partial charge in [-0.05, 0) is 115 Å². The maximum Gasteiger partial charge on any atom is 0.261 e. The van der Waals surface area contributed by atoms with Crippen molar-refractivity contribution in [2.24, 2.45) is 11.8 Å². The van der Waals surface area contributed by atoms with E-state index in [9.17, 15) is 16.8 Å². The van der Waals surface area contributed by atoms with Crippen molar-refractivity contribution >= 4 is 59.3 Å². The number of hydrogen-bond acceptors (Lipinski definition) is 11. The number of allylic oxidation sites excluding steroid dienone is 4. The van der Waals surface area contributed by atoms with E-state index in [2.05, 4.69) is 94.5 Å². The molecule has 350 valence electrons. The number of nitrogens with one attached hydrogen (secondary N) is 2. The molecule has 2 aromatic carbocycles. The Balaban J connectivity index is 0.000000577.